The number of nitrogens with one attached hydrogen (secondary N) is 2. The molecule has 0 aliphatic carbocycles. The van der Waals surface area contributed by atoms with Gasteiger partial charge in [-0.25, -0.2) is 14.4 Å². The maximum Gasteiger partial charge on any atom is 0.252 e. The van der Waals surface area contributed by atoms with Crippen LogP contribution in [-0.2, 0) is 11.2 Å². The normalized spacial score (nSPS) is 12.8. The number of hydrogen-bond donors (Lipinski definition) is 3. The topological polar surface area (TPSA) is 113 Å². The maximum absolute atomic E-state index is 13.3. The molecule has 174 valence electrons. The minimum Gasteiger partial charge on any atom is -0.394 e. The molecule has 4 aromatic rings. The lowest BCUT2D eigenvalue weighted by molar-refractivity contribution is 0.0211. The molecule has 0 saturated carbocycles. The molecule has 8 nitrogen and oxygen atoms in total. The predicted octanol–water partition coefficient (Wildman–Crippen LogP) is 3.02. The zero-order valence-electron chi connectivity index (χ0n) is 18.5. The largest absolute Gasteiger partial charge is 0.394 e. The van der Waals surface area contributed by atoms with Crippen LogP contribution < -0.4 is 5.32 Å². The summed E-state index contributed by atoms with van der Waals surface area (Å²) in [5.41, 5.74) is 3.07. The number of amides is 1. The summed E-state index contributed by atoms with van der Waals surface area (Å²) < 4.78 is 18.6. The van der Waals surface area contributed by atoms with E-state index >= 15 is 0 Å². The van der Waals surface area contributed by atoms with Crippen molar-refractivity contribution < 1.29 is 19.0 Å². The molecular formula is C25H24FN5O3. The summed E-state index contributed by atoms with van der Waals surface area (Å²) in [6.07, 6.45) is 2.88. The van der Waals surface area contributed by atoms with Crippen LogP contribution >= 0.6 is 0 Å². The molecule has 0 unspecified atom stereocenters. The molecule has 1 amide bonds. The van der Waals surface area contributed by atoms with Crippen molar-refractivity contribution in [3.05, 3.63) is 90.3 Å². The minimum atomic E-state index is -0.643. The molecule has 0 bridgehead atoms. The monoisotopic (exact) mass is 461 g/mol. The molecule has 2 atom stereocenters. The molecule has 0 saturated heterocycles. The van der Waals surface area contributed by atoms with Gasteiger partial charge in [0, 0.05) is 37.1 Å². The van der Waals surface area contributed by atoms with Gasteiger partial charge in [-0.2, -0.15) is 5.10 Å². The third-order valence-electron chi connectivity index (χ3n) is 5.45. The second-order valence-corrected chi connectivity index (χ2v) is 7.63. The fraction of sp³-hybridized carbons (Fsp3) is 0.200. The third-order valence-corrected chi connectivity index (χ3v) is 5.45. The Bertz CT molecular complexity index is 1230. The number of rotatable bonds is 9. The summed E-state index contributed by atoms with van der Waals surface area (Å²) in [7, 11) is 1.47. The van der Waals surface area contributed by atoms with Crippen molar-refractivity contribution >= 4 is 5.91 Å². The van der Waals surface area contributed by atoms with Gasteiger partial charge in [-0.15, -0.1) is 0 Å². The standard InChI is InChI=1S/C25H24FN5O3/c1-34-23(15-32)22(14-24-27-11-4-12-28-24)29-25(33)19-6-3-2-5-18(19)21-13-20(30-31-21)16-7-9-17(26)10-8-16/h2-13,22-23,32H,14-15H2,1H3,(H,29,33)(H,30,31)/t22-,23-/m1/s1. The Labute approximate surface area is 195 Å². The first-order valence-electron chi connectivity index (χ1n) is 10.7. The van der Waals surface area contributed by atoms with E-state index in [1.54, 1.807) is 54.9 Å². The van der Waals surface area contributed by atoms with Crippen LogP contribution in [0.2, 0.25) is 0 Å². The van der Waals surface area contributed by atoms with Crippen molar-refractivity contribution in [3.8, 4) is 22.5 Å². The van der Waals surface area contributed by atoms with Gasteiger partial charge in [0.15, 0.2) is 0 Å². The maximum atomic E-state index is 13.3. The molecular weight excluding hydrogens is 437 g/mol. The molecule has 2 aromatic carbocycles. The number of nitrogens with zero attached hydrogens (tertiary/aromatic N) is 3. The number of aliphatic hydroxyl groups is 1. The van der Waals surface area contributed by atoms with E-state index in [2.05, 4.69) is 25.5 Å². The summed E-state index contributed by atoms with van der Waals surface area (Å²) >= 11 is 0. The highest BCUT2D eigenvalue weighted by atomic mass is 19.1. The van der Waals surface area contributed by atoms with E-state index in [9.17, 15) is 14.3 Å². The third kappa shape index (κ3) is 5.33. The van der Waals surface area contributed by atoms with Crippen molar-refractivity contribution in [3.63, 3.8) is 0 Å². The Hall–Kier alpha value is -3.95. The number of hydrogen-bond acceptors (Lipinski definition) is 6. The van der Waals surface area contributed by atoms with Crippen LogP contribution in [0.15, 0.2) is 73.1 Å². The highest BCUT2D eigenvalue weighted by Crippen LogP contribution is 2.27. The number of aliphatic hydroxyl groups excluding tert-OH is 1. The highest BCUT2D eigenvalue weighted by molar-refractivity contribution is 6.00. The lowest BCUT2D eigenvalue weighted by atomic mass is 10.0. The average Bonchev–Trinajstić information content (AvgIpc) is 3.36. The summed E-state index contributed by atoms with van der Waals surface area (Å²) in [5.74, 6) is -0.149. The van der Waals surface area contributed by atoms with Gasteiger partial charge in [-0.3, -0.25) is 9.89 Å². The molecule has 0 spiro atoms. The predicted molar refractivity (Wildman–Crippen MR) is 124 cm³/mol. The molecule has 0 aliphatic rings. The van der Waals surface area contributed by atoms with Crippen LogP contribution in [0.5, 0.6) is 0 Å². The average molecular weight is 461 g/mol. The Morgan fingerprint density at radius 3 is 2.56 bits per heavy atom. The Morgan fingerprint density at radius 1 is 1.12 bits per heavy atom. The van der Waals surface area contributed by atoms with E-state index in [1.165, 1.54) is 19.2 Å². The van der Waals surface area contributed by atoms with E-state index in [0.717, 1.165) is 5.56 Å². The van der Waals surface area contributed by atoms with Gasteiger partial charge >= 0.3 is 0 Å². The number of ether oxygens (including phenoxy) is 1. The highest BCUT2D eigenvalue weighted by Gasteiger charge is 2.26. The van der Waals surface area contributed by atoms with Crippen LogP contribution in [0.1, 0.15) is 16.2 Å². The number of carbonyl (C=O) groups excluding carboxylic acids is 1. The van der Waals surface area contributed by atoms with Gasteiger partial charge in [-0.05, 0) is 48.0 Å². The lowest BCUT2D eigenvalue weighted by Crippen LogP contribution is -2.47. The zero-order chi connectivity index (χ0) is 23.9. The number of H-pyrrole nitrogens is 1. The minimum absolute atomic E-state index is 0.281. The summed E-state index contributed by atoms with van der Waals surface area (Å²) in [4.78, 5) is 21.8. The molecule has 0 radical (unpaired) electrons. The van der Waals surface area contributed by atoms with Gasteiger partial charge in [0.25, 0.3) is 5.91 Å². The first-order valence-corrected chi connectivity index (χ1v) is 10.7. The molecule has 9 heteroatoms. The van der Waals surface area contributed by atoms with E-state index in [4.69, 9.17) is 4.74 Å². The quantitative estimate of drug-likeness (QED) is 0.353. The van der Waals surface area contributed by atoms with E-state index in [-0.39, 0.29) is 24.8 Å². The number of benzene rings is 2. The van der Waals surface area contributed by atoms with E-state index < -0.39 is 12.1 Å². The first-order chi connectivity index (χ1) is 16.6. The van der Waals surface area contributed by atoms with Crippen LogP contribution in [0.3, 0.4) is 0 Å². The second-order valence-electron chi connectivity index (χ2n) is 7.63. The van der Waals surface area contributed by atoms with Crippen LogP contribution in [-0.4, -0.2) is 57.0 Å². The molecule has 4 rings (SSSR count). The first kappa shape index (κ1) is 23.2. The second kappa shape index (κ2) is 10.8. The Kier molecular flexibility index (Phi) is 7.36. The molecule has 2 aromatic heterocycles. The molecule has 34 heavy (non-hydrogen) atoms. The zero-order valence-corrected chi connectivity index (χ0v) is 18.5. The summed E-state index contributed by atoms with van der Waals surface area (Å²) in [6.45, 7) is -0.281. The number of methoxy groups -OCH3 is 1. The molecule has 2 heterocycles. The van der Waals surface area contributed by atoms with E-state index in [1.807, 2.05) is 6.07 Å². The van der Waals surface area contributed by atoms with Crippen molar-refractivity contribution in [1.29, 1.82) is 0 Å². The number of aromatic nitrogens is 4. The Balaban J connectivity index is 1.60. The Morgan fingerprint density at radius 2 is 1.85 bits per heavy atom. The number of carbonyl (C=O) groups is 1. The molecule has 3 N–H and O–H groups in total. The van der Waals surface area contributed by atoms with Crippen molar-refractivity contribution in [2.45, 2.75) is 18.6 Å². The van der Waals surface area contributed by atoms with Gasteiger partial charge in [-0.1, -0.05) is 18.2 Å². The van der Waals surface area contributed by atoms with Crippen molar-refractivity contribution in [1.82, 2.24) is 25.5 Å². The lowest BCUT2D eigenvalue weighted by Gasteiger charge is -2.25. The van der Waals surface area contributed by atoms with Gasteiger partial charge in [0.2, 0.25) is 0 Å². The smallest absolute Gasteiger partial charge is 0.252 e. The van der Waals surface area contributed by atoms with Crippen LogP contribution in [0, 0.1) is 5.82 Å². The molecule has 0 fully saturated rings. The van der Waals surface area contributed by atoms with Gasteiger partial charge in [0.1, 0.15) is 17.7 Å². The van der Waals surface area contributed by atoms with Crippen molar-refractivity contribution in [2.75, 3.05) is 13.7 Å². The van der Waals surface area contributed by atoms with Crippen molar-refractivity contribution in [2.24, 2.45) is 0 Å². The summed E-state index contributed by atoms with van der Waals surface area (Å²) in [6, 6.07) is 16.1. The fourth-order valence-electron chi connectivity index (χ4n) is 3.66. The summed E-state index contributed by atoms with van der Waals surface area (Å²) in [5, 5.41) is 20.0. The van der Waals surface area contributed by atoms with Gasteiger partial charge in [0.05, 0.1) is 24.0 Å². The SMILES string of the molecule is CO[C@H](CO)[C@@H](Cc1ncccn1)NC(=O)c1ccccc1-c1cc(-c2ccc(F)cc2)[nH]n1. The van der Waals surface area contributed by atoms with Crippen LogP contribution in [0.25, 0.3) is 22.5 Å². The fourth-order valence-corrected chi connectivity index (χ4v) is 3.66. The molecule has 0 aliphatic heterocycles. The van der Waals surface area contributed by atoms with E-state index in [0.29, 0.717) is 28.3 Å². The number of halogens is 1. The number of aromatic amines is 1. The van der Waals surface area contributed by atoms with Gasteiger partial charge < -0.3 is 15.2 Å². The van der Waals surface area contributed by atoms with Crippen LogP contribution in [0.4, 0.5) is 4.39 Å².